The summed E-state index contributed by atoms with van der Waals surface area (Å²) in [5.74, 6) is 0.0941. The Morgan fingerprint density at radius 3 is 2.93 bits per heavy atom. The van der Waals surface area contributed by atoms with Crippen molar-refractivity contribution >= 4 is 23.1 Å². The van der Waals surface area contributed by atoms with E-state index < -0.39 is 5.92 Å². The van der Waals surface area contributed by atoms with Crippen LogP contribution in [0.1, 0.15) is 24.1 Å². The number of nitrogens with one attached hydrogen (secondary N) is 1. The normalized spacial score (nSPS) is 16.0. The number of carbonyl (C=O) groups is 1. The Balaban J connectivity index is 1.84. The van der Waals surface area contributed by atoms with Gasteiger partial charge in [-0.2, -0.15) is 0 Å². The first-order valence-electron chi connectivity index (χ1n) is 9.17. The summed E-state index contributed by atoms with van der Waals surface area (Å²) in [6.45, 7) is 2.84. The molecule has 0 fully saturated rings. The number of benzene rings is 2. The van der Waals surface area contributed by atoms with Crippen molar-refractivity contribution in [1.82, 2.24) is 4.98 Å². The highest BCUT2D eigenvalue weighted by molar-refractivity contribution is 5.99. The molecule has 2 aromatic carbocycles. The van der Waals surface area contributed by atoms with E-state index in [0.717, 1.165) is 45.5 Å². The van der Waals surface area contributed by atoms with E-state index in [2.05, 4.69) is 34.2 Å². The van der Waals surface area contributed by atoms with Crippen molar-refractivity contribution in [2.75, 3.05) is 20.3 Å². The number of rotatable bonds is 4. The zero-order valence-corrected chi connectivity index (χ0v) is 15.5. The number of nitrogens with zero attached hydrogens (tertiary/aromatic N) is 1. The maximum atomic E-state index is 12.4. The second-order valence-electron chi connectivity index (χ2n) is 6.51. The van der Waals surface area contributed by atoms with Crippen molar-refractivity contribution in [2.45, 2.75) is 19.3 Å². The molecule has 1 unspecified atom stereocenters. The lowest BCUT2D eigenvalue weighted by atomic mass is 9.97. The van der Waals surface area contributed by atoms with E-state index in [4.69, 9.17) is 9.47 Å². The van der Waals surface area contributed by atoms with E-state index in [-0.39, 0.29) is 5.97 Å². The number of esters is 1. The third-order valence-electron chi connectivity index (χ3n) is 4.95. The number of para-hydroxylation sites is 1. The van der Waals surface area contributed by atoms with Gasteiger partial charge in [0.1, 0.15) is 11.7 Å². The first-order chi connectivity index (χ1) is 13.2. The number of hydrogen-bond acceptors (Lipinski definition) is 4. The Labute approximate surface area is 158 Å². The average Bonchev–Trinajstić information content (AvgIpc) is 2.91. The van der Waals surface area contributed by atoms with E-state index in [0.29, 0.717) is 13.2 Å². The number of H-pyrrole nitrogens is 1. The summed E-state index contributed by atoms with van der Waals surface area (Å²) in [7, 11) is 1.68. The van der Waals surface area contributed by atoms with Gasteiger partial charge in [0.05, 0.1) is 13.7 Å². The number of carbonyl (C=O) groups excluding carboxylic acids is 1. The maximum Gasteiger partial charge on any atom is 0.320 e. The van der Waals surface area contributed by atoms with Gasteiger partial charge in [0.25, 0.3) is 0 Å². The predicted octanol–water partition coefficient (Wildman–Crippen LogP) is 4.12. The lowest BCUT2D eigenvalue weighted by molar-refractivity contribution is -0.143. The zero-order chi connectivity index (χ0) is 18.8. The van der Waals surface area contributed by atoms with Crippen molar-refractivity contribution in [1.29, 1.82) is 0 Å². The van der Waals surface area contributed by atoms with Crippen LogP contribution in [0.4, 0.5) is 0 Å². The molecule has 138 valence electrons. The SMILES string of the molecule is CCOC(=O)C1C=NCCc2c1[nH]c1ccc(-c3ccccc3OC)cc21. The minimum Gasteiger partial charge on any atom is -0.496 e. The molecule has 0 radical (unpaired) electrons. The number of methoxy groups -OCH3 is 1. The molecule has 5 nitrogen and oxygen atoms in total. The van der Waals surface area contributed by atoms with Gasteiger partial charge in [-0.3, -0.25) is 9.79 Å². The molecule has 0 aliphatic carbocycles. The molecule has 1 atom stereocenters. The molecular weight excluding hydrogens is 340 g/mol. The summed E-state index contributed by atoms with van der Waals surface area (Å²) in [5, 5.41) is 1.12. The van der Waals surface area contributed by atoms with Crippen LogP contribution in [0.2, 0.25) is 0 Å². The summed E-state index contributed by atoms with van der Waals surface area (Å²) in [5.41, 5.74) is 5.17. The highest BCUT2D eigenvalue weighted by Gasteiger charge is 2.27. The van der Waals surface area contributed by atoms with E-state index in [1.165, 1.54) is 0 Å². The third-order valence-corrected chi connectivity index (χ3v) is 4.95. The molecule has 0 saturated heterocycles. The molecule has 4 rings (SSSR count). The van der Waals surface area contributed by atoms with Gasteiger partial charge in [-0.1, -0.05) is 24.3 Å². The average molecular weight is 362 g/mol. The fourth-order valence-corrected chi connectivity index (χ4v) is 3.70. The zero-order valence-electron chi connectivity index (χ0n) is 15.5. The van der Waals surface area contributed by atoms with Gasteiger partial charge in [0.2, 0.25) is 0 Å². The fourth-order valence-electron chi connectivity index (χ4n) is 3.70. The van der Waals surface area contributed by atoms with Crippen LogP contribution in [0.15, 0.2) is 47.5 Å². The molecule has 5 heteroatoms. The van der Waals surface area contributed by atoms with Crippen molar-refractivity contribution in [2.24, 2.45) is 4.99 Å². The van der Waals surface area contributed by atoms with E-state index >= 15 is 0 Å². The lowest BCUT2D eigenvalue weighted by Gasteiger charge is -2.10. The van der Waals surface area contributed by atoms with Crippen LogP contribution in [0.5, 0.6) is 5.75 Å². The molecule has 1 aromatic heterocycles. The highest BCUT2D eigenvalue weighted by atomic mass is 16.5. The van der Waals surface area contributed by atoms with Crippen LogP contribution in [0, 0.1) is 0 Å². The second-order valence-corrected chi connectivity index (χ2v) is 6.51. The summed E-state index contributed by atoms with van der Waals surface area (Å²) >= 11 is 0. The number of fused-ring (bicyclic) bond motifs is 3. The monoisotopic (exact) mass is 362 g/mol. The minimum atomic E-state index is -0.482. The molecule has 0 saturated carbocycles. The van der Waals surface area contributed by atoms with Crippen LogP contribution in [-0.2, 0) is 16.0 Å². The first-order valence-corrected chi connectivity index (χ1v) is 9.17. The van der Waals surface area contributed by atoms with Crippen molar-refractivity contribution in [3.8, 4) is 16.9 Å². The van der Waals surface area contributed by atoms with Gasteiger partial charge >= 0.3 is 5.97 Å². The summed E-state index contributed by atoms with van der Waals surface area (Å²) in [6.07, 6.45) is 2.50. The van der Waals surface area contributed by atoms with Gasteiger partial charge in [-0.15, -0.1) is 0 Å². The van der Waals surface area contributed by atoms with Gasteiger partial charge in [0.15, 0.2) is 0 Å². The molecular formula is C22H22N2O3. The third kappa shape index (κ3) is 3.10. The van der Waals surface area contributed by atoms with Crippen LogP contribution in [-0.4, -0.2) is 37.4 Å². The van der Waals surface area contributed by atoms with Crippen LogP contribution < -0.4 is 4.74 Å². The van der Waals surface area contributed by atoms with Gasteiger partial charge in [0, 0.05) is 34.9 Å². The lowest BCUT2D eigenvalue weighted by Crippen LogP contribution is -2.18. The van der Waals surface area contributed by atoms with Crippen LogP contribution in [0.25, 0.3) is 22.0 Å². The molecule has 27 heavy (non-hydrogen) atoms. The molecule has 3 aromatic rings. The molecule has 0 bridgehead atoms. The Morgan fingerprint density at radius 1 is 1.26 bits per heavy atom. The molecule has 0 amide bonds. The van der Waals surface area contributed by atoms with Crippen LogP contribution in [0.3, 0.4) is 0 Å². The standard InChI is InChI=1S/C22H22N2O3/c1-3-27-22(25)18-13-23-11-10-16-17-12-14(8-9-19(17)24-21(16)18)15-6-4-5-7-20(15)26-2/h4-9,12-13,18,24H,3,10-11H2,1-2H3. The largest absolute Gasteiger partial charge is 0.496 e. The highest BCUT2D eigenvalue weighted by Crippen LogP contribution is 2.35. The van der Waals surface area contributed by atoms with Gasteiger partial charge in [-0.05, 0) is 42.7 Å². The van der Waals surface area contributed by atoms with E-state index in [9.17, 15) is 4.79 Å². The van der Waals surface area contributed by atoms with Crippen molar-refractivity contribution in [3.63, 3.8) is 0 Å². The minimum absolute atomic E-state index is 0.263. The predicted molar refractivity (Wildman–Crippen MR) is 107 cm³/mol. The number of ether oxygens (including phenoxy) is 2. The van der Waals surface area contributed by atoms with Crippen molar-refractivity contribution < 1.29 is 14.3 Å². The second kappa shape index (κ2) is 7.27. The summed E-state index contributed by atoms with van der Waals surface area (Å²) in [4.78, 5) is 20.2. The number of aromatic nitrogens is 1. The molecule has 0 spiro atoms. The fraction of sp³-hybridized carbons (Fsp3) is 0.273. The van der Waals surface area contributed by atoms with E-state index in [1.807, 2.05) is 25.1 Å². The first kappa shape index (κ1) is 17.3. The topological polar surface area (TPSA) is 63.7 Å². The Kier molecular flexibility index (Phi) is 4.67. The Hall–Kier alpha value is -3.08. The quantitative estimate of drug-likeness (QED) is 0.710. The number of aliphatic imine (C=N–C) groups is 1. The van der Waals surface area contributed by atoms with Crippen molar-refractivity contribution in [3.05, 3.63) is 53.7 Å². The summed E-state index contributed by atoms with van der Waals surface area (Å²) < 4.78 is 10.8. The molecule has 1 aliphatic rings. The smallest absolute Gasteiger partial charge is 0.320 e. The van der Waals surface area contributed by atoms with Crippen LogP contribution >= 0.6 is 0 Å². The van der Waals surface area contributed by atoms with E-state index in [1.54, 1.807) is 13.3 Å². The summed E-state index contributed by atoms with van der Waals surface area (Å²) in [6, 6.07) is 14.3. The van der Waals surface area contributed by atoms with Gasteiger partial charge in [-0.25, -0.2) is 0 Å². The molecule has 1 N–H and O–H groups in total. The molecule has 1 aliphatic heterocycles. The Bertz CT molecular complexity index is 1020. The molecule has 2 heterocycles. The maximum absolute atomic E-state index is 12.4. The van der Waals surface area contributed by atoms with Gasteiger partial charge < -0.3 is 14.5 Å². The Morgan fingerprint density at radius 2 is 2.11 bits per heavy atom. The number of aromatic amines is 1. The number of hydrogen-bond donors (Lipinski definition) is 1.